The molecule has 1 atom stereocenters. The molecule has 8 nitrogen and oxygen atoms in total. The zero-order valence-electron chi connectivity index (χ0n) is 14.9. The van der Waals surface area contributed by atoms with E-state index < -0.39 is 17.9 Å². The average molecular weight is 361 g/mol. The summed E-state index contributed by atoms with van der Waals surface area (Å²) >= 11 is 0. The van der Waals surface area contributed by atoms with Gasteiger partial charge >= 0.3 is 0 Å². The van der Waals surface area contributed by atoms with Gasteiger partial charge in [-0.3, -0.25) is 19.3 Å². The van der Waals surface area contributed by atoms with Crippen molar-refractivity contribution in [2.75, 3.05) is 18.9 Å². The maximum absolute atomic E-state index is 12.6. The van der Waals surface area contributed by atoms with Crippen molar-refractivity contribution in [1.82, 2.24) is 10.2 Å². The summed E-state index contributed by atoms with van der Waals surface area (Å²) in [5.74, 6) is -0.899. The van der Waals surface area contributed by atoms with Crippen LogP contribution >= 0.6 is 0 Å². The van der Waals surface area contributed by atoms with Crippen LogP contribution in [-0.2, 0) is 14.4 Å². The Balaban J connectivity index is 0.000000765. The first-order valence-electron chi connectivity index (χ1n) is 8.31. The largest absolute Gasteiger partial charge is 0.384 e. The van der Waals surface area contributed by atoms with E-state index in [1.54, 1.807) is 25.2 Å². The second-order valence-corrected chi connectivity index (χ2v) is 5.49. The van der Waals surface area contributed by atoms with Crippen molar-refractivity contribution in [2.45, 2.75) is 32.2 Å². The second-order valence-electron chi connectivity index (χ2n) is 5.49. The molecule has 1 unspecified atom stereocenters. The van der Waals surface area contributed by atoms with Gasteiger partial charge in [0, 0.05) is 25.7 Å². The molecule has 0 bridgehead atoms. The Morgan fingerprint density at radius 2 is 1.85 bits per heavy atom. The Kier molecular flexibility index (Phi) is 8.69. The standard InChI is InChI=1S/C16H18N2O4.C2H5NO/c1-2-5-11(10-20)18-15(21)12-6-3-7-13(14(12)16(18)22)17-8-4-9-19;1-3-2-4/h3,6-7,9-11,17H,2,4-5,8H2,1H3;2H,1H3,(H,3,4). The van der Waals surface area contributed by atoms with Crippen LogP contribution in [0.25, 0.3) is 0 Å². The number of fused-ring (bicyclic) bond motifs is 1. The summed E-state index contributed by atoms with van der Waals surface area (Å²) in [7, 11) is 1.56. The fourth-order valence-corrected chi connectivity index (χ4v) is 2.57. The molecule has 0 fully saturated rings. The maximum atomic E-state index is 12.6. The predicted octanol–water partition coefficient (Wildman–Crippen LogP) is 1.01. The number of carbonyl (C=O) groups is 5. The van der Waals surface area contributed by atoms with Gasteiger partial charge in [-0.2, -0.15) is 0 Å². The highest BCUT2D eigenvalue weighted by Gasteiger charge is 2.41. The van der Waals surface area contributed by atoms with Gasteiger partial charge in [-0.25, -0.2) is 0 Å². The molecule has 1 aliphatic rings. The summed E-state index contributed by atoms with van der Waals surface area (Å²) in [6, 6.07) is 4.20. The lowest BCUT2D eigenvalue weighted by Crippen LogP contribution is -2.40. The number of rotatable bonds is 9. The second kappa shape index (κ2) is 10.8. The van der Waals surface area contributed by atoms with Crippen LogP contribution in [0.3, 0.4) is 0 Å². The predicted molar refractivity (Wildman–Crippen MR) is 96.0 cm³/mol. The van der Waals surface area contributed by atoms with Gasteiger partial charge in [-0.15, -0.1) is 0 Å². The van der Waals surface area contributed by atoms with Crippen molar-refractivity contribution in [3.8, 4) is 0 Å². The van der Waals surface area contributed by atoms with Gasteiger partial charge in [0.2, 0.25) is 6.41 Å². The molecule has 0 aromatic heterocycles. The minimum absolute atomic E-state index is 0.279. The van der Waals surface area contributed by atoms with E-state index in [1.807, 2.05) is 6.92 Å². The van der Waals surface area contributed by atoms with Crippen molar-refractivity contribution in [1.29, 1.82) is 0 Å². The molecule has 26 heavy (non-hydrogen) atoms. The molecule has 0 radical (unpaired) electrons. The Hall–Kier alpha value is -3.03. The lowest BCUT2D eigenvalue weighted by molar-refractivity contribution is -0.111. The van der Waals surface area contributed by atoms with Crippen LogP contribution in [0.5, 0.6) is 0 Å². The van der Waals surface area contributed by atoms with E-state index in [-0.39, 0.29) is 5.56 Å². The van der Waals surface area contributed by atoms with Crippen LogP contribution in [0.15, 0.2) is 18.2 Å². The number of carbonyl (C=O) groups excluding carboxylic acids is 5. The van der Waals surface area contributed by atoms with E-state index in [0.717, 1.165) is 11.2 Å². The Morgan fingerprint density at radius 3 is 2.38 bits per heavy atom. The molecule has 8 heteroatoms. The Bertz CT molecular complexity index is 675. The third-order valence-electron chi connectivity index (χ3n) is 3.71. The van der Waals surface area contributed by atoms with Crippen molar-refractivity contribution in [3.63, 3.8) is 0 Å². The molecule has 0 spiro atoms. The van der Waals surface area contributed by atoms with Crippen molar-refractivity contribution in [3.05, 3.63) is 29.3 Å². The Labute approximate surface area is 151 Å². The van der Waals surface area contributed by atoms with Crippen LogP contribution in [0.4, 0.5) is 5.69 Å². The van der Waals surface area contributed by atoms with Crippen molar-refractivity contribution in [2.24, 2.45) is 0 Å². The molecular weight excluding hydrogens is 338 g/mol. The zero-order chi connectivity index (χ0) is 19.5. The lowest BCUT2D eigenvalue weighted by atomic mass is 10.1. The molecule has 2 rings (SSSR count). The molecule has 3 amide bonds. The third kappa shape index (κ3) is 4.75. The monoisotopic (exact) mass is 361 g/mol. The van der Waals surface area contributed by atoms with Gasteiger partial charge in [-0.1, -0.05) is 19.4 Å². The summed E-state index contributed by atoms with van der Waals surface area (Å²) in [5, 5.41) is 5.24. The maximum Gasteiger partial charge on any atom is 0.264 e. The molecular formula is C18H23N3O5. The van der Waals surface area contributed by atoms with E-state index in [9.17, 15) is 19.2 Å². The van der Waals surface area contributed by atoms with Gasteiger partial charge in [0.15, 0.2) is 0 Å². The lowest BCUT2D eigenvalue weighted by Gasteiger charge is -2.20. The molecule has 1 heterocycles. The van der Waals surface area contributed by atoms with E-state index in [0.29, 0.717) is 49.8 Å². The molecule has 0 saturated heterocycles. The highest BCUT2D eigenvalue weighted by atomic mass is 16.2. The van der Waals surface area contributed by atoms with Gasteiger partial charge in [-0.05, 0) is 18.6 Å². The van der Waals surface area contributed by atoms with E-state index in [1.165, 1.54) is 0 Å². The van der Waals surface area contributed by atoms with Crippen molar-refractivity contribution < 1.29 is 24.0 Å². The summed E-state index contributed by atoms with van der Waals surface area (Å²) < 4.78 is 0. The minimum atomic E-state index is -0.736. The number of hydrogen-bond donors (Lipinski definition) is 2. The van der Waals surface area contributed by atoms with Crippen LogP contribution in [0.2, 0.25) is 0 Å². The van der Waals surface area contributed by atoms with Crippen LogP contribution in [0.1, 0.15) is 46.9 Å². The number of anilines is 1. The SMILES string of the molecule is CCCC(C=O)N1C(=O)c2cccc(NCCC=O)c2C1=O.CNC=O. The average Bonchev–Trinajstić information content (AvgIpc) is 2.92. The zero-order valence-corrected chi connectivity index (χ0v) is 14.9. The fourth-order valence-electron chi connectivity index (χ4n) is 2.57. The number of aldehydes is 2. The van der Waals surface area contributed by atoms with Crippen molar-refractivity contribution >= 4 is 36.5 Å². The molecule has 1 aromatic rings. The summed E-state index contributed by atoms with van der Waals surface area (Å²) in [6.07, 6.45) is 3.50. The van der Waals surface area contributed by atoms with E-state index in [4.69, 9.17) is 4.79 Å². The molecule has 0 saturated carbocycles. The number of nitrogens with one attached hydrogen (secondary N) is 2. The van der Waals surface area contributed by atoms with E-state index in [2.05, 4.69) is 10.6 Å². The first-order chi connectivity index (χ1) is 12.6. The molecule has 0 aliphatic carbocycles. The highest BCUT2D eigenvalue weighted by Crippen LogP contribution is 2.31. The van der Waals surface area contributed by atoms with Gasteiger partial charge in [0.25, 0.3) is 11.8 Å². The minimum Gasteiger partial charge on any atom is -0.384 e. The highest BCUT2D eigenvalue weighted by molar-refractivity contribution is 6.24. The topological polar surface area (TPSA) is 113 Å². The van der Waals surface area contributed by atoms with Crippen LogP contribution in [-0.4, -0.2) is 55.3 Å². The summed E-state index contributed by atoms with van der Waals surface area (Å²) in [5.41, 5.74) is 1.09. The summed E-state index contributed by atoms with van der Waals surface area (Å²) in [6.45, 7) is 2.27. The number of imide groups is 1. The number of benzene rings is 1. The molecule has 1 aliphatic heterocycles. The number of nitrogens with zero attached hydrogens (tertiary/aromatic N) is 1. The molecule has 140 valence electrons. The van der Waals surface area contributed by atoms with Gasteiger partial charge in [0.05, 0.1) is 17.2 Å². The fraction of sp³-hybridized carbons (Fsp3) is 0.389. The smallest absolute Gasteiger partial charge is 0.264 e. The van der Waals surface area contributed by atoms with Crippen LogP contribution in [0, 0.1) is 0 Å². The number of amides is 3. The van der Waals surface area contributed by atoms with Gasteiger partial charge in [0.1, 0.15) is 12.6 Å². The summed E-state index contributed by atoms with van der Waals surface area (Å²) in [4.78, 5) is 56.7. The molecule has 1 aromatic carbocycles. The Morgan fingerprint density at radius 1 is 1.15 bits per heavy atom. The van der Waals surface area contributed by atoms with E-state index >= 15 is 0 Å². The molecule has 2 N–H and O–H groups in total. The normalized spacial score (nSPS) is 13.2. The first kappa shape index (κ1) is 21.0. The first-order valence-corrected chi connectivity index (χ1v) is 8.31. The quantitative estimate of drug-likeness (QED) is 0.386. The number of hydrogen-bond acceptors (Lipinski definition) is 6. The third-order valence-corrected chi connectivity index (χ3v) is 3.71. The van der Waals surface area contributed by atoms with Crippen LogP contribution < -0.4 is 10.6 Å². The van der Waals surface area contributed by atoms with Gasteiger partial charge < -0.3 is 20.2 Å².